The van der Waals surface area contributed by atoms with E-state index < -0.39 is 5.91 Å². The minimum atomic E-state index is -0.441. The van der Waals surface area contributed by atoms with Crippen molar-refractivity contribution in [3.8, 4) is 5.75 Å². The molecular weight excluding hydrogens is 463 g/mol. The molecule has 0 saturated heterocycles. The van der Waals surface area contributed by atoms with E-state index >= 15 is 0 Å². The SMILES string of the molecule is O=C(Nc1ncn(Cc2ccc(Cl)cc2Cl)n1)c1ccn(COc2cccc(Cl)c2)n1. The van der Waals surface area contributed by atoms with Crippen LogP contribution in [0.3, 0.4) is 0 Å². The molecule has 1 amide bonds. The number of hydrogen-bond acceptors (Lipinski definition) is 5. The normalized spacial score (nSPS) is 10.8. The molecule has 0 radical (unpaired) electrons. The molecule has 0 spiro atoms. The van der Waals surface area contributed by atoms with Crippen molar-refractivity contribution in [3.63, 3.8) is 0 Å². The molecule has 0 aliphatic carbocycles. The van der Waals surface area contributed by atoms with Crippen molar-refractivity contribution in [2.45, 2.75) is 13.3 Å². The first-order valence-corrected chi connectivity index (χ1v) is 10.2. The molecular formula is C20H15Cl3N6O2. The number of nitrogens with one attached hydrogen (secondary N) is 1. The molecule has 158 valence electrons. The Labute approximate surface area is 192 Å². The number of aromatic nitrogens is 5. The summed E-state index contributed by atoms with van der Waals surface area (Å²) in [7, 11) is 0. The van der Waals surface area contributed by atoms with E-state index in [1.54, 1.807) is 53.3 Å². The summed E-state index contributed by atoms with van der Waals surface area (Å²) in [4.78, 5) is 16.5. The molecule has 0 bridgehead atoms. The highest BCUT2D eigenvalue weighted by molar-refractivity contribution is 6.35. The summed E-state index contributed by atoms with van der Waals surface area (Å²) in [5, 5.41) is 12.7. The molecule has 4 aromatic rings. The second-order valence-corrected chi connectivity index (χ2v) is 7.71. The summed E-state index contributed by atoms with van der Waals surface area (Å²) in [6.45, 7) is 0.511. The van der Waals surface area contributed by atoms with Crippen LogP contribution in [0.2, 0.25) is 15.1 Å². The van der Waals surface area contributed by atoms with E-state index in [9.17, 15) is 4.79 Å². The smallest absolute Gasteiger partial charge is 0.278 e. The van der Waals surface area contributed by atoms with E-state index in [0.29, 0.717) is 27.4 Å². The van der Waals surface area contributed by atoms with E-state index in [1.807, 2.05) is 6.07 Å². The zero-order valence-corrected chi connectivity index (χ0v) is 18.1. The van der Waals surface area contributed by atoms with Gasteiger partial charge in [-0.15, -0.1) is 5.10 Å². The van der Waals surface area contributed by atoms with Gasteiger partial charge in [0, 0.05) is 21.3 Å². The molecule has 0 fully saturated rings. The van der Waals surface area contributed by atoms with Gasteiger partial charge in [-0.1, -0.05) is 46.9 Å². The third kappa shape index (κ3) is 5.55. The highest BCUT2D eigenvalue weighted by atomic mass is 35.5. The zero-order valence-electron chi connectivity index (χ0n) is 15.9. The molecule has 2 aromatic carbocycles. The summed E-state index contributed by atoms with van der Waals surface area (Å²) in [5.74, 6) is 0.313. The Balaban J connectivity index is 1.34. The van der Waals surface area contributed by atoms with Crippen LogP contribution in [0, 0.1) is 0 Å². The predicted molar refractivity (Wildman–Crippen MR) is 118 cm³/mol. The average Bonchev–Trinajstić information content (AvgIpc) is 3.38. The number of benzene rings is 2. The lowest BCUT2D eigenvalue weighted by atomic mass is 10.2. The van der Waals surface area contributed by atoms with Gasteiger partial charge in [-0.05, 0) is 42.0 Å². The molecule has 4 rings (SSSR count). The largest absolute Gasteiger partial charge is 0.471 e. The lowest BCUT2D eigenvalue weighted by molar-refractivity contribution is 0.101. The summed E-state index contributed by atoms with van der Waals surface area (Å²) in [5.41, 5.74) is 1.03. The van der Waals surface area contributed by atoms with Crippen molar-refractivity contribution in [1.82, 2.24) is 24.5 Å². The molecule has 0 aliphatic rings. The topological polar surface area (TPSA) is 86.9 Å². The maximum atomic E-state index is 12.4. The van der Waals surface area contributed by atoms with Gasteiger partial charge in [-0.2, -0.15) is 5.10 Å². The van der Waals surface area contributed by atoms with E-state index in [0.717, 1.165) is 5.56 Å². The van der Waals surface area contributed by atoms with Crippen molar-refractivity contribution < 1.29 is 9.53 Å². The summed E-state index contributed by atoms with van der Waals surface area (Å²) in [6, 6.07) is 13.8. The number of ether oxygens (including phenoxy) is 1. The number of carbonyl (C=O) groups excluding carboxylic acids is 1. The van der Waals surface area contributed by atoms with E-state index in [4.69, 9.17) is 39.5 Å². The third-order valence-electron chi connectivity index (χ3n) is 4.14. The third-order valence-corrected chi connectivity index (χ3v) is 4.96. The average molecular weight is 478 g/mol. The Morgan fingerprint density at radius 2 is 1.84 bits per heavy atom. The number of amides is 1. The van der Waals surface area contributed by atoms with Crippen LogP contribution in [0.1, 0.15) is 16.1 Å². The minimum absolute atomic E-state index is 0.127. The molecule has 11 heteroatoms. The Bertz CT molecular complexity index is 1220. The Kier molecular flexibility index (Phi) is 6.41. The zero-order chi connectivity index (χ0) is 21.8. The first-order chi connectivity index (χ1) is 15.0. The monoisotopic (exact) mass is 476 g/mol. The lowest BCUT2D eigenvalue weighted by Crippen LogP contribution is -2.15. The van der Waals surface area contributed by atoms with Gasteiger partial charge in [0.25, 0.3) is 5.91 Å². The number of anilines is 1. The summed E-state index contributed by atoms with van der Waals surface area (Å²) in [6.07, 6.45) is 3.13. The van der Waals surface area contributed by atoms with Crippen molar-refractivity contribution in [2.75, 3.05) is 5.32 Å². The Morgan fingerprint density at radius 3 is 2.65 bits per heavy atom. The number of nitrogens with zero attached hydrogens (tertiary/aromatic N) is 5. The molecule has 8 nitrogen and oxygen atoms in total. The fourth-order valence-corrected chi connectivity index (χ4v) is 3.32. The van der Waals surface area contributed by atoms with Crippen LogP contribution < -0.4 is 10.1 Å². The van der Waals surface area contributed by atoms with Crippen molar-refractivity contribution in [3.05, 3.63) is 87.4 Å². The number of rotatable bonds is 7. The van der Waals surface area contributed by atoms with Crippen LogP contribution in [-0.2, 0) is 13.3 Å². The Morgan fingerprint density at radius 1 is 1.00 bits per heavy atom. The highest BCUT2D eigenvalue weighted by Gasteiger charge is 2.13. The maximum absolute atomic E-state index is 12.4. The van der Waals surface area contributed by atoms with E-state index in [-0.39, 0.29) is 18.4 Å². The van der Waals surface area contributed by atoms with E-state index in [1.165, 1.54) is 11.0 Å². The van der Waals surface area contributed by atoms with Crippen LogP contribution in [0.5, 0.6) is 5.75 Å². The van der Waals surface area contributed by atoms with Crippen molar-refractivity contribution in [2.24, 2.45) is 0 Å². The van der Waals surface area contributed by atoms with Crippen molar-refractivity contribution in [1.29, 1.82) is 0 Å². The van der Waals surface area contributed by atoms with Gasteiger partial charge in [0.1, 0.15) is 12.1 Å². The molecule has 0 aliphatic heterocycles. The van der Waals surface area contributed by atoms with Gasteiger partial charge >= 0.3 is 0 Å². The van der Waals surface area contributed by atoms with Gasteiger partial charge in [0.05, 0.1) is 6.54 Å². The predicted octanol–water partition coefficient (Wildman–Crippen LogP) is 4.77. The second-order valence-electron chi connectivity index (χ2n) is 6.43. The van der Waals surface area contributed by atoms with Gasteiger partial charge < -0.3 is 4.74 Å². The van der Waals surface area contributed by atoms with Gasteiger partial charge in [0.2, 0.25) is 5.95 Å². The van der Waals surface area contributed by atoms with Gasteiger partial charge in [0.15, 0.2) is 12.4 Å². The number of halogens is 3. The van der Waals surface area contributed by atoms with Crippen LogP contribution in [0.25, 0.3) is 0 Å². The van der Waals surface area contributed by atoms with E-state index in [2.05, 4.69) is 20.5 Å². The van der Waals surface area contributed by atoms with Gasteiger partial charge in [-0.25, -0.2) is 14.3 Å². The van der Waals surface area contributed by atoms with Crippen molar-refractivity contribution >= 4 is 46.7 Å². The molecule has 1 N–H and O–H groups in total. The van der Waals surface area contributed by atoms with Crippen LogP contribution in [-0.4, -0.2) is 30.5 Å². The van der Waals surface area contributed by atoms with Gasteiger partial charge in [-0.3, -0.25) is 10.1 Å². The standard InChI is InChI=1S/C20H15Cl3N6O2/c21-14-2-1-3-16(8-14)31-12-28-7-6-18(26-28)19(30)25-20-24-11-29(27-20)10-13-4-5-15(22)9-17(13)23/h1-9,11H,10,12H2,(H,25,27,30). The Hall–Kier alpha value is -3.07. The number of hydrogen-bond donors (Lipinski definition) is 1. The van der Waals surface area contributed by atoms with Crippen LogP contribution in [0.4, 0.5) is 5.95 Å². The fourth-order valence-electron chi connectivity index (χ4n) is 2.67. The second kappa shape index (κ2) is 9.38. The summed E-state index contributed by atoms with van der Waals surface area (Å²) >= 11 is 18.0. The first-order valence-electron chi connectivity index (χ1n) is 9.03. The maximum Gasteiger partial charge on any atom is 0.278 e. The molecule has 0 atom stereocenters. The molecule has 31 heavy (non-hydrogen) atoms. The lowest BCUT2D eigenvalue weighted by Gasteiger charge is -2.06. The number of carbonyl (C=O) groups is 1. The van der Waals surface area contributed by atoms with Crippen LogP contribution >= 0.6 is 34.8 Å². The fraction of sp³-hybridized carbons (Fsp3) is 0.100. The quantitative estimate of drug-likeness (QED) is 0.414. The summed E-state index contributed by atoms with van der Waals surface area (Å²) < 4.78 is 8.65. The highest BCUT2D eigenvalue weighted by Crippen LogP contribution is 2.21. The molecule has 0 unspecified atom stereocenters. The first kappa shape index (κ1) is 21.2. The minimum Gasteiger partial charge on any atom is -0.471 e. The molecule has 2 heterocycles. The van der Waals surface area contributed by atoms with Crippen LogP contribution in [0.15, 0.2) is 61.1 Å². The molecule has 2 aromatic heterocycles. The molecule has 0 saturated carbocycles.